The van der Waals surface area contributed by atoms with Crippen molar-refractivity contribution in [3.63, 3.8) is 0 Å². The molecule has 9 aromatic rings. The van der Waals surface area contributed by atoms with Crippen molar-refractivity contribution < 1.29 is 4.42 Å². The average Bonchev–Trinajstić information content (AvgIpc) is 3.70. The monoisotopic (exact) mass is 639 g/mol. The van der Waals surface area contributed by atoms with Crippen LogP contribution in [0.25, 0.3) is 55.0 Å². The highest BCUT2D eigenvalue weighted by Gasteiger charge is 2.42. The van der Waals surface area contributed by atoms with Crippen molar-refractivity contribution in [1.29, 1.82) is 0 Å². The first-order valence-corrected chi connectivity index (χ1v) is 17.3. The van der Waals surface area contributed by atoms with Gasteiger partial charge in [-0.25, -0.2) is 0 Å². The predicted octanol–water partition coefficient (Wildman–Crippen LogP) is 13.2. The first-order valence-electron chi connectivity index (χ1n) is 17.3. The second-order valence-corrected chi connectivity index (χ2v) is 13.4. The molecule has 8 aromatic carbocycles. The van der Waals surface area contributed by atoms with Gasteiger partial charge in [0, 0.05) is 33.1 Å². The highest BCUT2D eigenvalue weighted by Crippen LogP contribution is 2.54. The molecule has 0 bridgehead atoms. The van der Waals surface area contributed by atoms with Gasteiger partial charge >= 0.3 is 0 Å². The minimum absolute atomic E-state index is 0.369. The second-order valence-electron chi connectivity index (χ2n) is 13.4. The third kappa shape index (κ3) is 4.22. The standard InChI is InChI=1S/C48H33NO/c1-48(42-21-9-7-17-38(42)39-18-8-10-22-43(39)48)44-23-11-19-40-41-20-12-24-45(47(41)50-46(40)44)49(37-30-27-33-15-5-6-16-35(33)31-37)36-28-25-34(26-29-36)32-13-3-2-4-14-32/h2-31H,1H3. The zero-order valence-electron chi connectivity index (χ0n) is 27.7. The molecule has 0 aliphatic heterocycles. The van der Waals surface area contributed by atoms with Crippen molar-refractivity contribution in [3.05, 3.63) is 199 Å². The van der Waals surface area contributed by atoms with Crippen molar-refractivity contribution in [2.75, 3.05) is 4.90 Å². The lowest BCUT2D eigenvalue weighted by molar-refractivity contribution is 0.638. The molecule has 0 N–H and O–H groups in total. The van der Waals surface area contributed by atoms with E-state index in [0.29, 0.717) is 0 Å². The van der Waals surface area contributed by atoms with E-state index in [1.807, 2.05) is 0 Å². The number of benzene rings is 8. The third-order valence-electron chi connectivity index (χ3n) is 10.7. The molecule has 0 radical (unpaired) electrons. The Kier molecular flexibility index (Phi) is 6.34. The molecular weight excluding hydrogens is 607 g/mol. The van der Waals surface area contributed by atoms with E-state index >= 15 is 0 Å². The van der Waals surface area contributed by atoms with Crippen molar-refractivity contribution >= 4 is 49.8 Å². The van der Waals surface area contributed by atoms with Gasteiger partial charge in [0.2, 0.25) is 0 Å². The lowest BCUT2D eigenvalue weighted by Crippen LogP contribution is -2.22. The molecule has 10 rings (SSSR count). The Morgan fingerprint density at radius 2 is 0.980 bits per heavy atom. The maximum atomic E-state index is 7.19. The Hall–Kier alpha value is -6.38. The molecule has 0 atom stereocenters. The number of hydrogen-bond acceptors (Lipinski definition) is 2. The molecule has 1 heterocycles. The van der Waals surface area contributed by atoms with Gasteiger partial charge in [-0.15, -0.1) is 0 Å². The molecule has 0 spiro atoms. The van der Waals surface area contributed by atoms with Crippen molar-refractivity contribution in [3.8, 4) is 22.3 Å². The fraction of sp³-hybridized carbons (Fsp3) is 0.0417. The zero-order chi connectivity index (χ0) is 33.2. The number of para-hydroxylation sites is 2. The molecular formula is C48H33NO. The number of hydrogen-bond donors (Lipinski definition) is 0. The summed E-state index contributed by atoms with van der Waals surface area (Å²) in [5.41, 5.74) is 13.4. The SMILES string of the molecule is CC1(c2cccc3c2oc2c(N(c4ccc(-c5ccccc5)cc4)c4ccc5ccccc5c4)cccc23)c2ccccc2-c2ccccc21. The highest BCUT2D eigenvalue weighted by molar-refractivity contribution is 6.12. The largest absolute Gasteiger partial charge is 0.454 e. The van der Waals surface area contributed by atoms with Crippen LogP contribution in [-0.2, 0) is 5.41 Å². The summed E-state index contributed by atoms with van der Waals surface area (Å²) in [4.78, 5) is 2.34. The normalized spacial score (nSPS) is 13.1. The summed E-state index contributed by atoms with van der Waals surface area (Å²) < 4.78 is 7.19. The molecule has 0 saturated carbocycles. The van der Waals surface area contributed by atoms with E-state index in [1.54, 1.807) is 0 Å². The van der Waals surface area contributed by atoms with Crippen LogP contribution >= 0.6 is 0 Å². The minimum Gasteiger partial charge on any atom is -0.454 e. The van der Waals surface area contributed by atoms with E-state index < -0.39 is 0 Å². The van der Waals surface area contributed by atoms with Gasteiger partial charge in [0.05, 0.1) is 5.69 Å². The molecule has 0 saturated heterocycles. The van der Waals surface area contributed by atoms with Gasteiger partial charge in [-0.1, -0.05) is 152 Å². The van der Waals surface area contributed by atoms with Crippen LogP contribution in [0.5, 0.6) is 0 Å². The smallest absolute Gasteiger partial charge is 0.159 e. The summed E-state index contributed by atoms with van der Waals surface area (Å²) in [6.45, 7) is 2.36. The number of furan rings is 1. The molecule has 1 aliphatic rings. The lowest BCUT2D eigenvalue weighted by Gasteiger charge is -2.28. The number of nitrogens with zero attached hydrogens (tertiary/aromatic N) is 1. The minimum atomic E-state index is -0.369. The molecule has 0 amide bonds. The Balaban J connectivity index is 1.20. The molecule has 50 heavy (non-hydrogen) atoms. The van der Waals surface area contributed by atoms with E-state index in [4.69, 9.17) is 4.42 Å². The Bertz CT molecular complexity index is 2670. The molecule has 2 heteroatoms. The van der Waals surface area contributed by atoms with E-state index in [1.165, 1.54) is 49.7 Å². The van der Waals surface area contributed by atoms with Gasteiger partial charge in [0.25, 0.3) is 0 Å². The van der Waals surface area contributed by atoms with Crippen molar-refractivity contribution in [2.45, 2.75) is 12.3 Å². The van der Waals surface area contributed by atoms with Gasteiger partial charge < -0.3 is 9.32 Å². The first-order chi connectivity index (χ1) is 24.7. The van der Waals surface area contributed by atoms with Gasteiger partial charge in [0.15, 0.2) is 5.58 Å². The summed E-state index contributed by atoms with van der Waals surface area (Å²) in [5.74, 6) is 0. The van der Waals surface area contributed by atoms with Crippen LogP contribution in [0.2, 0.25) is 0 Å². The molecule has 2 nitrogen and oxygen atoms in total. The van der Waals surface area contributed by atoms with E-state index in [-0.39, 0.29) is 5.41 Å². The van der Waals surface area contributed by atoms with Crippen LogP contribution in [0.4, 0.5) is 17.1 Å². The van der Waals surface area contributed by atoms with Gasteiger partial charge in [-0.2, -0.15) is 0 Å². The van der Waals surface area contributed by atoms with Gasteiger partial charge in [-0.05, 0) is 81.4 Å². The lowest BCUT2D eigenvalue weighted by atomic mass is 9.74. The topological polar surface area (TPSA) is 16.4 Å². The Labute approximate surface area is 291 Å². The molecule has 0 fully saturated rings. The summed E-state index contributed by atoms with van der Waals surface area (Å²) in [6, 6.07) is 65.5. The molecule has 0 unspecified atom stereocenters. The zero-order valence-corrected chi connectivity index (χ0v) is 27.7. The quantitative estimate of drug-likeness (QED) is 0.186. The van der Waals surface area contributed by atoms with Crippen LogP contribution in [0.3, 0.4) is 0 Å². The average molecular weight is 640 g/mol. The Morgan fingerprint density at radius 1 is 0.420 bits per heavy atom. The third-order valence-corrected chi connectivity index (χ3v) is 10.7. The van der Waals surface area contributed by atoms with Crippen LogP contribution in [-0.4, -0.2) is 0 Å². The Morgan fingerprint density at radius 3 is 1.72 bits per heavy atom. The summed E-state index contributed by atoms with van der Waals surface area (Å²) in [6.07, 6.45) is 0. The van der Waals surface area contributed by atoms with E-state index in [2.05, 4.69) is 194 Å². The predicted molar refractivity (Wildman–Crippen MR) is 209 cm³/mol. The first kappa shape index (κ1) is 28.6. The highest BCUT2D eigenvalue weighted by atomic mass is 16.3. The fourth-order valence-corrected chi connectivity index (χ4v) is 8.29. The maximum absolute atomic E-state index is 7.19. The fourth-order valence-electron chi connectivity index (χ4n) is 8.29. The van der Waals surface area contributed by atoms with E-state index in [0.717, 1.165) is 39.0 Å². The van der Waals surface area contributed by atoms with Gasteiger partial charge in [-0.3, -0.25) is 0 Å². The van der Waals surface area contributed by atoms with Crippen LogP contribution in [0.1, 0.15) is 23.6 Å². The van der Waals surface area contributed by atoms with Crippen LogP contribution in [0, 0.1) is 0 Å². The second kappa shape index (κ2) is 11.1. The number of rotatable bonds is 5. The molecule has 1 aliphatic carbocycles. The van der Waals surface area contributed by atoms with Crippen molar-refractivity contribution in [1.82, 2.24) is 0 Å². The van der Waals surface area contributed by atoms with E-state index in [9.17, 15) is 0 Å². The number of fused-ring (bicyclic) bond motifs is 7. The summed E-state index contributed by atoms with van der Waals surface area (Å²) in [7, 11) is 0. The summed E-state index contributed by atoms with van der Waals surface area (Å²) >= 11 is 0. The molecule has 236 valence electrons. The summed E-state index contributed by atoms with van der Waals surface area (Å²) in [5, 5.41) is 4.64. The van der Waals surface area contributed by atoms with Gasteiger partial charge in [0.1, 0.15) is 5.58 Å². The maximum Gasteiger partial charge on any atom is 0.159 e. The molecule has 1 aromatic heterocycles. The van der Waals surface area contributed by atoms with Crippen LogP contribution < -0.4 is 4.90 Å². The number of anilines is 3. The van der Waals surface area contributed by atoms with Crippen molar-refractivity contribution in [2.24, 2.45) is 0 Å². The van der Waals surface area contributed by atoms with Crippen LogP contribution in [0.15, 0.2) is 186 Å².